The van der Waals surface area contributed by atoms with Gasteiger partial charge < -0.3 is 25.2 Å². The van der Waals surface area contributed by atoms with E-state index in [1.807, 2.05) is 0 Å². The van der Waals surface area contributed by atoms with Gasteiger partial charge in [-0.25, -0.2) is 9.59 Å². The number of hydrogen-bond donors (Lipinski definition) is 5. The van der Waals surface area contributed by atoms with Crippen molar-refractivity contribution in [3.05, 3.63) is 58.6 Å². The van der Waals surface area contributed by atoms with Gasteiger partial charge in [0.15, 0.2) is 5.60 Å². The van der Waals surface area contributed by atoms with Gasteiger partial charge in [-0.3, -0.25) is 20.2 Å². The number of carbonyl (C=O) groups is 4. The minimum Gasteiger partial charge on any atom is -0.465 e. The lowest BCUT2D eigenvalue weighted by atomic mass is 9.90. The van der Waals surface area contributed by atoms with Gasteiger partial charge in [-0.15, -0.1) is 0 Å². The zero-order valence-electron chi connectivity index (χ0n) is 19.3. The molecule has 2 aromatic rings. The first kappa shape index (κ1) is 25.3. The van der Waals surface area contributed by atoms with Crippen molar-refractivity contribution in [2.45, 2.75) is 37.5 Å². The Morgan fingerprint density at radius 1 is 1.22 bits per heavy atom. The summed E-state index contributed by atoms with van der Waals surface area (Å²) in [6.45, 7) is 1.84. The summed E-state index contributed by atoms with van der Waals surface area (Å²) >= 11 is 6.17. The molecule has 4 amide bonds. The number of aliphatic hydroxyl groups is 1. The summed E-state index contributed by atoms with van der Waals surface area (Å²) < 4.78 is 5.66. The summed E-state index contributed by atoms with van der Waals surface area (Å²) in [5.41, 5.74) is 0.638. The maximum absolute atomic E-state index is 13.5. The van der Waals surface area contributed by atoms with E-state index in [1.165, 1.54) is 36.1 Å². The third-order valence-electron chi connectivity index (χ3n) is 6.12. The molecule has 5 N–H and O–H groups in total. The highest BCUT2D eigenvalue weighted by Gasteiger charge is 2.49. The molecule has 0 aliphatic carbocycles. The van der Waals surface area contributed by atoms with Gasteiger partial charge in [0.2, 0.25) is 5.91 Å². The first-order valence-electron chi connectivity index (χ1n) is 11.2. The van der Waals surface area contributed by atoms with E-state index in [2.05, 4.69) is 16.0 Å². The van der Waals surface area contributed by atoms with Crippen molar-refractivity contribution in [3.8, 4) is 0 Å². The highest BCUT2D eigenvalue weighted by atomic mass is 35.5. The van der Waals surface area contributed by atoms with Crippen LogP contribution in [-0.2, 0) is 15.1 Å². The number of halogens is 1. The maximum atomic E-state index is 13.5. The molecular weight excluding hydrogens is 492 g/mol. The fourth-order valence-electron chi connectivity index (χ4n) is 4.50. The average molecular weight is 517 g/mol. The van der Waals surface area contributed by atoms with Gasteiger partial charge in [0.05, 0.1) is 18.3 Å². The number of amides is 4. The van der Waals surface area contributed by atoms with Crippen molar-refractivity contribution in [2.24, 2.45) is 0 Å². The number of carbonyl (C=O) groups excluding carboxylic acids is 3. The van der Waals surface area contributed by atoms with Gasteiger partial charge in [0.25, 0.3) is 5.91 Å². The van der Waals surface area contributed by atoms with E-state index < -0.39 is 41.7 Å². The standard InChI is InChI=1S/C24H25ClN4O7/c1-13(30)10-19(27-20(31)14-2-5-16(6-3-14)26-22(33)34)21(32)29-9-8-24(12-29)17-11-15(25)4-7-18(17)28-23(35)36-24/h2-7,11,13,19,26,30H,8-10,12H2,1H3,(H,27,31)(H,28,35)(H,33,34)/t13?,19-,24-/m0/s1. The Labute approximate surface area is 211 Å². The third kappa shape index (κ3) is 5.37. The van der Waals surface area contributed by atoms with Crippen molar-refractivity contribution in [1.29, 1.82) is 0 Å². The molecule has 0 saturated carbocycles. The summed E-state index contributed by atoms with van der Waals surface area (Å²) in [5.74, 6) is -0.987. The number of carboxylic acid groups (broad SMARTS) is 1. The van der Waals surface area contributed by atoms with Crippen LogP contribution in [0.3, 0.4) is 0 Å². The number of nitrogens with one attached hydrogen (secondary N) is 3. The zero-order chi connectivity index (χ0) is 26.0. The Kier molecular flexibility index (Phi) is 7.04. The lowest BCUT2D eigenvalue weighted by molar-refractivity contribution is -0.134. The van der Waals surface area contributed by atoms with Gasteiger partial charge in [-0.1, -0.05) is 11.6 Å². The molecule has 4 rings (SSSR count). The van der Waals surface area contributed by atoms with Crippen LogP contribution in [0.25, 0.3) is 0 Å². The lowest BCUT2D eigenvalue weighted by Gasteiger charge is -2.35. The second-order valence-electron chi connectivity index (χ2n) is 8.83. The maximum Gasteiger partial charge on any atom is 0.412 e. The molecule has 12 heteroatoms. The second-order valence-corrected chi connectivity index (χ2v) is 9.26. The lowest BCUT2D eigenvalue weighted by Crippen LogP contribution is -2.50. The van der Waals surface area contributed by atoms with Gasteiger partial charge in [0, 0.05) is 41.2 Å². The first-order chi connectivity index (χ1) is 17.1. The van der Waals surface area contributed by atoms with Crippen LogP contribution in [-0.4, -0.2) is 64.3 Å². The predicted molar refractivity (Wildman–Crippen MR) is 130 cm³/mol. The Morgan fingerprint density at radius 3 is 2.61 bits per heavy atom. The number of fused-ring (bicyclic) bond motifs is 2. The number of nitrogens with zero attached hydrogens (tertiary/aromatic N) is 1. The van der Waals surface area contributed by atoms with Crippen LogP contribution in [0.15, 0.2) is 42.5 Å². The molecule has 3 atom stereocenters. The van der Waals surface area contributed by atoms with E-state index in [9.17, 15) is 24.3 Å². The summed E-state index contributed by atoms with van der Waals surface area (Å²) in [6, 6.07) is 9.67. The van der Waals surface area contributed by atoms with Gasteiger partial charge in [-0.2, -0.15) is 0 Å². The Morgan fingerprint density at radius 2 is 1.94 bits per heavy atom. The summed E-state index contributed by atoms with van der Waals surface area (Å²) in [6.07, 6.45) is -2.44. The molecule has 0 radical (unpaired) electrons. The molecule has 190 valence electrons. The fourth-order valence-corrected chi connectivity index (χ4v) is 4.67. The largest absolute Gasteiger partial charge is 0.465 e. The fraction of sp³-hybridized carbons (Fsp3) is 0.333. The average Bonchev–Trinajstić information content (AvgIpc) is 3.22. The molecule has 36 heavy (non-hydrogen) atoms. The highest BCUT2D eigenvalue weighted by Crippen LogP contribution is 2.43. The number of likely N-dealkylation sites (tertiary alicyclic amines) is 1. The van der Waals surface area contributed by atoms with Crippen LogP contribution in [0.4, 0.5) is 21.0 Å². The topological polar surface area (TPSA) is 157 Å². The number of benzene rings is 2. The summed E-state index contributed by atoms with van der Waals surface area (Å²) in [7, 11) is 0. The van der Waals surface area contributed by atoms with Crippen molar-refractivity contribution in [3.63, 3.8) is 0 Å². The number of anilines is 2. The Balaban J connectivity index is 1.51. The molecule has 0 aromatic heterocycles. The van der Waals surface area contributed by atoms with Crippen LogP contribution < -0.4 is 16.0 Å². The second kappa shape index (κ2) is 10.0. The molecule has 0 bridgehead atoms. The molecule has 2 aliphatic heterocycles. The molecule has 1 fully saturated rings. The minimum atomic E-state index is -1.23. The smallest absolute Gasteiger partial charge is 0.412 e. The summed E-state index contributed by atoms with van der Waals surface area (Å²) in [4.78, 5) is 50.8. The Hall–Kier alpha value is -3.83. The van der Waals surface area contributed by atoms with Gasteiger partial charge in [0.1, 0.15) is 6.04 Å². The molecule has 2 aromatic carbocycles. The van der Waals surface area contributed by atoms with Crippen LogP contribution in [0, 0.1) is 0 Å². The van der Waals surface area contributed by atoms with Gasteiger partial charge in [-0.05, 0) is 49.4 Å². The van der Waals surface area contributed by atoms with Crippen LogP contribution in [0.5, 0.6) is 0 Å². The molecule has 2 aliphatic rings. The monoisotopic (exact) mass is 516 g/mol. The molecule has 11 nitrogen and oxygen atoms in total. The van der Waals surface area contributed by atoms with Crippen molar-refractivity contribution < 1.29 is 34.1 Å². The molecule has 1 saturated heterocycles. The van der Waals surface area contributed by atoms with E-state index in [0.717, 1.165) is 0 Å². The quantitative estimate of drug-likeness (QED) is 0.395. The minimum absolute atomic E-state index is 0.0313. The molecular formula is C24H25ClN4O7. The highest BCUT2D eigenvalue weighted by molar-refractivity contribution is 6.30. The number of ether oxygens (including phenoxy) is 1. The van der Waals surface area contributed by atoms with Crippen molar-refractivity contribution in [2.75, 3.05) is 23.7 Å². The van der Waals surface area contributed by atoms with E-state index in [-0.39, 0.29) is 30.8 Å². The van der Waals surface area contributed by atoms with Crippen molar-refractivity contribution >= 4 is 47.0 Å². The number of aliphatic hydroxyl groups excluding tert-OH is 1. The van der Waals surface area contributed by atoms with E-state index >= 15 is 0 Å². The zero-order valence-corrected chi connectivity index (χ0v) is 20.0. The van der Waals surface area contributed by atoms with Crippen LogP contribution >= 0.6 is 11.6 Å². The van der Waals surface area contributed by atoms with E-state index in [1.54, 1.807) is 18.2 Å². The van der Waals surface area contributed by atoms with Crippen LogP contribution in [0.2, 0.25) is 5.02 Å². The number of rotatable bonds is 6. The Bertz CT molecular complexity index is 1200. The molecule has 1 unspecified atom stereocenters. The first-order valence-corrected chi connectivity index (χ1v) is 11.6. The van der Waals surface area contributed by atoms with Gasteiger partial charge >= 0.3 is 12.2 Å². The van der Waals surface area contributed by atoms with Crippen molar-refractivity contribution in [1.82, 2.24) is 10.2 Å². The predicted octanol–water partition coefficient (Wildman–Crippen LogP) is 2.99. The number of hydrogen-bond acceptors (Lipinski definition) is 6. The molecule has 1 spiro atoms. The normalized spacial score (nSPS) is 20.1. The third-order valence-corrected chi connectivity index (χ3v) is 6.35. The SMILES string of the molecule is CC(O)C[C@H](NC(=O)c1ccc(NC(=O)O)cc1)C(=O)N1CC[C@@]2(C1)OC(=O)Nc1ccc(Cl)cc12. The van der Waals surface area contributed by atoms with E-state index in [0.29, 0.717) is 22.7 Å². The van der Waals surface area contributed by atoms with Crippen LogP contribution in [0.1, 0.15) is 35.7 Å². The van der Waals surface area contributed by atoms with E-state index in [4.69, 9.17) is 21.4 Å². The molecule has 2 heterocycles. The summed E-state index contributed by atoms with van der Waals surface area (Å²) in [5, 5.41) is 26.7.